The molecule has 0 bridgehead atoms. The Kier molecular flexibility index (Phi) is 6.80. The second kappa shape index (κ2) is 8.48. The van der Waals surface area contributed by atoms with Crippen LogP contribution in [0.25, 0.3) is 0 Å². The van der Waals surface area contributed by atoms with Crippen LogP contribution in [0, 0.1) is 22.7 Å². The van der Waals surface area contributed by atoms with Gasteiger partial charge in [0.1, 0.15) is 0 Å². The van der Waals surface area contributed by atoms with E-state index in [-0.39, 0.29) is 24.0 Å². The lowest BCUT2D eigenvalue weighted by molar-refractivity contribution is -0.371. The van der Waals surface area contributed by atoms with Crippen molar-refractivity contribution in [2.45, 2.75) is 77.8 Å². The largest absolute Gasteiger partial charge is 0.396 e. The third kappa shape index (κ3) is 4.73. The van der Waals surface area contributed by atoms with Gasteiger partial charge in [0, 0.05) is 36.5 Å². The van der Waals surface area contributed by atoms with Gasteiger partial charge in [0.05, 0.1) is 39.6 Å². The number of ether oxygens (including phenoxy) is 4. The number of aliphatic hydroxyl groups excluding tert-OH is 2. The molecule has 2 heterocycles. The van der Waals surface area contributed by atoms with Gasteiger partial charge in [-0.05, 0) is 24.7 Å². The lowest BCUT2D eigenvalue weighted by Gasteiger charge is -2.53. The van der Waals surface area contributed by atoms with Crippen LogP contribution in [0.2, 0.25) is 0 Å². The quantitative estimate of drug-likeness (QED) is 0.713. The Morgan fingerprint density at radius 1 is 0.607 bits per heavy atom. The van der Waals surface area contributed by atoms with Crippen molar-refractivity contribution in [1.29, 1.82) is 0 Å². The summed E-state index contributed by atoms with van der Waals surface area (Å²) in [5, 5.41) is 19.8. The third-order valence-corrected chi connectivity index (χ3v) is 6.69. The molecule has 2 aliphatic heterocycles. The van der Waals surface area contributed by atoms with Crippen molar-refractivity contribution >= 4 is 0 Å². The SMILES string of the molecule is CC(C)CC1(CO)COC2(CCC3(CC2)OCC(CO)(CC(C)C)CO3)OC1. The van der Waals surface area contributed by atoms with Crippen molar-refractivity contribution in [2.75, 3.05) is 39.6 Å². The second-order valence-electron chi connectivity index (χ2n) is 10.5. The summed E-state index contributed by atoms with van der Waals surface area (Å²) >= 11 is 0. The van der Waals surface area contributed by atoms with E-state index in [0.29, 0.717) is 38.3 Å². The summed E-state index contributed by atoms with van der Waals surface area (Å²) in [5.41, 5.74) is -0.575. The smallest absolute Gasteiger partial charge is 0.168 e. The summed E-state index contributed by atoms with van der Waals surface area (Å²) in [6.45, 7) is 11.0. The molecule has 164 valence electrons. The molecule has 2 spiro atoms. The fourth-order valence-corrected chi connectivity index (χ4v) is 5.17. The number of hydrogen-bond donors (Lipinski definition) is 2. The predicted molar refractivity (Wildman–Crippen MR) is 106 cm³/mol. The van der Waals surface area contributed by atoms with Gasteiger partial charge in [-0.1, -0.05) is 27.7 Å². The average molecular weight is 401 g/mol. The highest BCUT2D eigenvalue weighted by atomic mass is 16.7. The van der Waals surface area contributed by atoms with Crippen LogP contribution in [-0.2, 0) is 18.9 Å². The maximum absolute atomic E-state index is 9.89. The first-order chi connectivity index (χ1) is 13.2. The van der Waals surface area contributed by atoms with Crippen LogP contribution in [0.1, 0.15) is 66.2 Å². The van der Waals surface area contributed by atoms with Crippen LogP contribution in [0.15, 0.2) is 0 Å². The second-order valence-corrected chi connectivity index (χ2v) is 10.5. The minimum Gasteiger partial charge on any atom is -0.396 e. The van der Waals surface area contributed by atoms with Crippen LogP contribution in [0.4, 0.5) is 0 Å². The van der Waals surface area contributed by atoms with Crippen molar-refractivity contribution < 1.29 is 29.2 Å². The Morgan fingerprint density at radius 2 is 0.893 bits per heavy atom. The number of rotatable bonds is 6. The topological polar surface area (TPSA) is 77.4 Å². The normalized spacial score (nSPS) is 42.0. The number of aliphatic hydroxyl groups is 2. The molecule has 1 saturated carbocycles. The minimum absolute atomic E-state index is 0.0938. The summed E-state index contributed by atoms with van der Waals surface area (Å²) in [7, 11) is 0. The molecule has 3 rings (SSSR count). The van der Waals surface area contributed by atoms with Crippen molar-refractivity contribution in [3.8, 4) is 0 Å². The Bertz CT molecular complexity index is 443. The Hall–Kier alpha value is -0.240. The molecule has 0 radical (unpaired) electrons. The molecule has 6 nitrogen and oxygen atoms in total. The van der Waals surface area contributed by atoms with Gasteiger partial charge >= 0.3 is 0 Å². The molecule has 0 aromatic heterocycles. The van der Waals surface area contributed by atoms with E-state index in [1.165, 1.54) is 0 Å². The van der Waals surface area contributed by atoms with Crippen LogP contribution in [0.5, 0.6) is 0 Å². The van der Waals surface area contributed by atoms with E-state index >= 15 is 0 Å². The minimum atomic E-state index is -0.572. The fourth-order valence-electron chi connectivity index (χ4n) is 5.17. The predicted octanol–water partition coefficient (Wildman–Crippen LogP) is 3.10. The molecule has 3 aliphatic rings. The van der Waals surface area contributed by atoms with Crippen LogP contribution in [0.3, 0.4) is 0 Å². The Morgan fingerprint density at radius 3 is 1.11 bits per heavy atom. The van der Waals surface area contributed by atoms with Gasteiger partial charge in [-0.2, -0.15) is 0 Å². The standard InChI is InChI=1S/C22H40O6/c1-17(2)9-19(11-23)13-25-21(26-14-19)5-7-22(8-6-21)27-15-20(12-24,16-28-22)10-18(3)4/h17-18,23-24H,5-16H2,1-4H3. The molecule has 0 atom stereocenters. The van der Waals surface area contributed by atoms with Gasteiger partial charge in [-0.25, -0.2) is 0 Å². The first-order valence-corrected chi connectivity index (χ1v) is 11.0. The van der Waals surface area contributed by atoms with E-state index in [2.05, 4.69) is 27.7 Å². The molecule has 2 saturated heterocycles. The summed E-state index contributed by atoms with van der Waals surface area (Å²) in [6.07, 6.45) is 4.71. The monoisotopic (exact) mass is 400 g/mol. The molecular weight excluding hydrogens is 360 g/mol. The third-order valence-electron chi connectivity index (χ3n) is 6.69. The average Bonchev–Trinajstić information content (AvgIpc) is 2.68. The highest BCUT2D eigenvalue weighted by Crippen LogP contribution is 2.48. The van der Waals surface area contributed by atoms with E-state index in [4.69, 9.17) is 18.9 Å². The lowest BCUT2D eigenvalue weighted by atomic mass is 9.79. The molecule has 6 heteroatoms. The maximum Gasteiger partial charge on any atom is 0.168 e. The molecule has 1 aliphatic carbocycles. The lowest BCUT2D eigenvalue weighted by Crippen LogP contribution is -2.58. The van der Waals surface area contributed by atoms with Gasteiger partial charge in [0.15, 0.2) is 11.6 Å². The van der Waals surface area contributed by atoms with Gasteiger partial charge in [-0.15, -0.1) is 0 Å². The van der Waals surface area contributed by atoms with E-state index < -0.39 is 11.6 Å². The summed E-state index contributed by atoms with van der Waals surface area (Å²) < 4.78 is 24.9. The summed E-state index contributed by atoms with van der Waals surface area (Å²) in [5.74, 6) is -0.164. The molecule has 28 heavy (non-hydrogen) atoms. The van der Waals surface area contributed by atoms with Crippen molar-refractivity contribution in [3.63, 3.8) is 0 Å². The van der Waals surface area contributed by atoms with Crippen molar-refractivity contribution in [2.24, 2.45) is 22.7 Å². The molecule has 0 amide bonds. The molecular formula is C22H40O6. The first kappa shape index (κ1) is 22.4. The van der Waals surface area contributed by atoms with E-state index in [1.807, 2.05) is 0 Å². The van der Waals surface area contributed by atoms with Gasteiger partial charge in [0.2, 0.25) is 0 Å². The van der Waals surface area contributed by atoms with Gasteiger partial charge in [0.25, 0.3) is 0 Å². The molecule has 0 unspecified atom stereocenters. The van der Waals surface area contributed by atoms with Crippen molar-refractivity contribution in [1.82, 2.24) is 0 Å². The summed E-state index contributed by atoms with van der Waals surface area (Å²) in [6, 6.07) is 0. The zero-order chi connectivity index (χ0) is 20.5. The zero-order valence-corrected chi connectivity index (χ0v) is 18.2. The molecule has 0 aromatic carbocycles. The van der Waals surface area contributed by atoms with Crippen LogP contribution >= 0.6 is 0 Å². The zero-order valence-electron chi connectivity index (χ0n) is 18.2. The first-order valence-electron chi connectivity index (χ1n) is 11.0. The van der Waals surface area contributed by atoms with Crippen molar-refractivity contribution in [3.05, 3.63) is 0 Å². The fraction of sp³-hybridized carbons (Fsp3) is 1.00. The summed E-state index contributed by atoms with van der Waals surface area (Å²) in [4.78, 5) is 0. The highest BCUT2D eigenvalue weighted by Gasteiger charge is 2.53. The number of hydrogen-bond acceptors (Lipinski definition) is 6. The van der Waals surface area contributed by atoms with E-state index in [0.717, 1.165) is 38.5 Å². The molecule has 3 fully saturated rings. The van der Waals surface area contributed by atoms with E-state index in [9.17, 15) is 10.2 Å². The van der Waals surface area contributed by atoms with Gasteiger partial charge in [-0.3, -0.25) is 0 Å². The highest BCUT2D eigenvalue weighted by molar-refractivity contribution is 4.94. The van der Waals surface area contributed by atoms with Crippen LogP contribution < -0.4 is 0 Å². The van der Waals surface area contributed by atoms with Crippen LogP contribution in [-0.4, -0.2) is 61.4 Å². The maximum atomic E-state index is 9.89. The Labute approximate surface area is 169 Å². The van der Waals surface area contributed by atoms with Gasteiger partial charge < -0.3 is 29.2 Å². The molecule has 0 aromatic rings. The molecule has 2 N–H and O–H groups in total. The Balaban J connectivity index is 1.54. The van der Waals surface area contributed by atoms with E-state index in [1.54, 1.807) is 0 Å².